The van der Waals surface area contributed by atoms with Crippen LogP contribution in [0.25, 0.3) is 0 Å². The Morgan fingerprint density at radius 1 is 1.22 bits per heavy atom. The smallest absolute Gasteiger partial charge is 0.200 e. The molecule has 0 saturated carbocycles. The first-order chi connectivity index (χ1) is 13.2. The molecule has 0 spiro atoms. The van der Waals surface area contributed by atoms with Gasteiger partial charge >= 0.3 is 0 Å². The molecule has 2 heterocycles. The maximum absolute atomic E-state index is 10.1. The lowest BCUT2D eigenvalue weighted by molar-refractivity contribution is 0.259. The molecule has 0 aliphatic carbocycles. The van der Waals surface area contributed by atoms with Gasteiger partial charge in [-0.25, -0.2) is 4.99 Å². The Bertz CT molecular complexity index is 671. The molecule has 1 unspecified atom stereocenters. The molecule has 0 radical (unpaired) electrons. The molecule has 3 rings (SSSR count). The monoisotopic (exact) mass is 374 g/mol. The summed E-state index contributed by atoms with van der Waals surface area (Å²) < 4.78 is 10.5. The number of benzene rings is 1. The van der Waals surface area contributed by atoms with Crippen molar-refractivity contribution in [2.45, 2.75) is 25.9 Å². The largest absolute Gasteiger partial charge is 0.502 e. The quantitative estimate of drug-likeness (QED) is 0.450. The lowest BCUT2D eigenvalue weighted by Crippen LogP contribution is -2.42. The van der Waals surface area contributed by atoms with Crippen LogP contribution in [0.5, 0.6) is 17.2 Å². The fourth-order valence-electron chi connectivity index (χ4n) is 3.66. The summed E-state index contributed by atoms with van der Waals surface area (Å²) in [5.41, 5.74) is 0.927. The molecule has 1 aromatic rings. The Balaban J connectivity index is 1.71. The lowest BCUT2D eigenvalue weighted by atomic mass is 10.2. The van der Waals surface area contributed by atoms with Crippen LogP contribution in [0.1, 0.15) is 18.9 Å². The molecule has 2 aliphatic rings. The molecule has 27 heavy (non-hydrogen) atoms. The molecule has 1 saturated heterocycles. The summed E-state index contributed by atoms with van der Waals surface area (Å²) in [6.07, 6.45) is 5.65. The fourth-order valence-corrected chi connectivity index (χ4v) is 3.66. The number of methoxy groups -OCH3 is 2. The Hall–Kier alpha value is -2.41. The molecule has 1 atom stereocenters. The second-order valence-corrected chi connectivity index (χ2v) is 6.83. The van der Waals surface area contributed by atoms with Crippen molar-refractivity contribution in [2.24, 2.45) is 4.99 Å². The second kappa shape index (κ2) is 8.99. The molecule has 0 bridgehead atoms. The lowest BCUT2D eigenvalue weighted by Gasteiger charge is -2.25. The van der Waals surface area contributed by atoms with E-state index in [1.807, 2.05) is 0 Å². The van der Waals surface area contributed by atoms with Crippen molar-refractivity contribution in [3.05, 3.63) is 29.8 Å². The molecule has 1 fully saturated rings. The van der Waals surface area contributed by atoms with E-state index in [2.05, 4.69) is 34.2 Å². The molecule has 7 nitrogen and oxygen atoms in total. The fraction of sp³-hybridized carbons (Fsp3) is 0.550. The highest BCUT2D eigenvalue weighted by molar-refractivity contribution is 5.80. The first-order valence-electron chi connectivity index (χ1n) is 9.52. The number of likely N-dealkylation sites (tertiary alicyclic amines) is 1. The Labute approximate surface area is 161 Å². The van der Waals surface area contributed by atoms with Crippen LogP contribution in [0.2, 0.25) is 0 Å². The van der Waals surface area contributed by atoms with Crippen molar-refractivity contribution in [3.63, 3.8) is 0 Å². The van der Waals surface area contributed by atoms with E-state index in [-0.39, 0.29) is 5.75 Å². The van der Waals surface area contributed by atoms with Gasteiger partial charge in [-0.05, 0) is 31.0 Å². The minimum Gasteiger partial charge on any atom is -0.502 e. The summed E-state index contributed by atoms with van der Waals surface area (Å²) in [6.45, 7) is 7.51. The van der Waals surface area contributed by atoms with E-state index in [9.17, 15) is 5.11 Å². The van der Waals surface area contributed by atoms with Crippen molar-refractivity contribution < 1.29 is 14.6 Å². The Morgan fingerprint density at radius 2 is 1.89 bits per heavy atom. The number of nitrogens with one attached hydrogen (secondary N) is 1. The molecule has 1 aromatic carbocycles. The second-order valence-electron chi connectivity index (χ2n) is 6.83. The predicted octanol–water partition coefficient (Wildman–Crippen LogP) is 1.82. The molecule has 2 aliphatic heterocycles. The normalized spacial score (nSPS) is 20.3. The minimum absolute atomic E-state index is 0.0150. The molecular weight excluding hydrogens is 344 g/mol. The van der Waals surface area contributed by atoms with Gasteiger partial charge in [0.1, 0.15) is 0 Å². The van der Waals surface area contributed by atoms with Crippen LogP contribution in [0.15, 0.2) is 29.3 Å². The number of phenolic OH excluding ortho intramolecular Hbond substituents is 1. The van der Waals surface area contributed by atoms with E-state index >= 15 is 0 Å². The van der Waals surface area contributed by atoms with Gasteiger partial charge in [-0.3, -0.25) is 4.90 Å². The van der Waals surface area contributed by atoms with E-state index in [0.29, 0.717) is 24.1 Å². The minimum atomic E-state index is 0.0150. The van der Waals surface area contributed by atoms with Gasteiger partial charge in [0.05, 0.1) is 20.8 Å². The molecule has 0 amide bonds. The van der Waals surface area contributed by atoms with Crippen LogP contribution in [0.4, 0.5) is 0 Å². The van der Waals surface area contributed by atoms with Crippen LogP contribution in [-0.4, -0.2) is 73.9 Å². The van der Waals surface area contributed by atoms with E-state index in [1.165, 1.54) is 14.2 Å². The maximum Gasteiger partial charge on any atom is 0.200 e. The van der Waals surface area contributed by atoms with Crippen LogP contribution in [0, 0.1) is 0 Å². The molecule has 148 valence electrons. The summed E-state index contributed by atoms with van der Waals surface area (Å²) in [6, 6.07) is 4.18. The number of aliphatic imine (C=N–C) groups is 1. The standard InChI is InChI=1S/C20H30N4O3/c1-4-21-20(24-10-7-16(14-24)23-8-5-6-9-23)22-13-15-11-17(26-2)19(25)18(12-15)27-3/h5-6,11-12,16,25H,4,7-10,13-14H2,1-3H3,(H,21,22). The SMILES string of the molecule is CCNC(=NCc1cc(OC)c(O)c(OC)c1)N1CCC(N2CC=CC2)C1. The van der Waals surface area contributed by atoms with Gasteiger partial charge in [-0.1, -0.05) is 12.2 Å². The van der Waals surface area contributed by atoms with Gasteiger partial charge in [0.15, 0.2) is 17.5 Å². The Morgan fingerprint density at radius 3 is 2.48 bits per heavy atom. The van der Waals surface area contributed by atoms with Gasteiger partial charge in [-0.2, -0.15) is 0 Å². The van der Waals surface area contributed by atoms with Crippen molar-refractivity contribution in [1.29, 1.82) is 0 Å². The average Bonchev–Trinajstić information content (AvgIpc) is 3.37. The summed E-state index contributed by atoms with van der Waals surface area (Å²) in [7, 11) is 3.06. The number of ether oxygens (including phenoxy) is 2. The van der Waals surface area contributed by atoms with Crippen LogP contribution in [-0.2, 0) is 6.54 Å². The molecule has 0 aromatic heterocycles. The van der Waals surface area contributed by atoms with E-state index in [4.69, 9.17) is 14.5 Å². The highest BCUT2D eigenvalue weighted by Crippen LogP contribution is 2.37. The first-order valence-corrected chi connectivity index (χ1v) is 9.52. The third-order valence-corrected chi connectivity index (χ3v) is 5.11. The zero-order valence-electron chi connectivity index (χ0n) is 16.4. The summed E-state index contributed by atoms with van der Waals surface area (Å²) in [5, 5.41) is 13.5. The first kappa shape index (κ1) is 19.4. The van der Waals surface area contributed by atoms with Gasteiger partial charge < -0.3 is 24.8 Å². The third-order valence-electron chi connectivity index (χ3n) is 5.11. The van der Waals surface area contributed by atoms with E-state index in [1.54, 1.807) is 12.1 Å². The average molecular weight is 374 g/mol. The number of rotatable bonds is 6. The number of hydrogen-bond donors (Lipinski definition) is 2. The number of guanidine groups is 1. The highest BCUT2D eigenvalue weighted by atomic mass is 16.5. The predicted molar refractivity (Wildman–Crippen MR) is 107 cm³/mol. The number of aromatic hydroxyl groups is 1. The van der Waals surface area contributed by atoms with Gasteiger partial charge in [0, 0.05) is 38.8 Å². The number of nitrogens with zero attached hydrogens (tertiary/aromatic N) is 3. The zero-order valence-corrected chi connectivity index (χ0v) is 16.4. The number of phenols is 1. The highest BCUT2D eigenvalue weighted by Gasteiger charge is 2.29. The van der Waals surface area contributed by atoms with Gasteiger partial charge in [0.2, 0.25) is 5.75 Å². The Kier molecular flexibility index (Phi) is 6.45. The summed E-state index contributed by atoms with van der Waals surface area (Å²) >= 11 is 0. The van der Waals surface area contributed by atoms with Crippen LogP contribution in [0.3, 0.4) is 0 Å². The topological polar surface area (TPSA) is 69.6 Å². The van der Waals surface area contributed by atoms with Gasteiger partial charge in [-0.15, -0.1) is 0 Å². The van der Waals surface area contributed by atoms with Crippen molar-refractivity contribution in [3.8, 4) is 17.2 Å². The van der Waals surface area contributed by atoms with Crippen molar-refractivity contribution in [2.75, 3.05) is 46.9 Å². The van der Waals surface area contributed by atoms with E-state index in [0.717, 1.165) is 50.7 Å². The zero-order chi connectivity index (χ0) is 19.2. The summed E-state index contributed by atoms with van der Waals surface area (Å²) in [4.78, 5) is 9.66. The number of hydrogen-bond acceptors (Lipinski definition) is 5. The van der Waals surface area contributed by atoms with Gasteiger partial charge in [0.25, 0.3) is 0 Å². The maximum atomic E-state index is 10.1. The van der Waals surface area contributed by atoms with Crippen molar-refractivity contribution >= 4 is 5.96 Å². The third kappa shape index (κ3) is 4.47. The summed E-state index contributed by atoms with van der Waals surface area (Å²) in [5.74, 6) is 1.74. The van der Waals surface area contributed by atoms with E-state index < -0.39 is 0 Å². The molecule has 2 N–H and O–H groups in total. The molecular formula is C20H30N4O3. The van der Waals surface area contributed by atoms with Crippen LogP contribution >= 0.6 is 0 Å². The van der Waals surface area contributed by atoms with Crippen LogP contribution < -0.4 is 14.8 Å². The molecule has 7 heteroatoms. The van der Waals surface area contributed by atoms with Crippen molar-refractivity contribution in [1.82, 2.24) is 15.1 Å².